The van der Waals surface area contributed by atoms with Crippen LogP contribution in [0.25, 0.3) is 0 Å². The van der Waals surface area contributed by atoms with E-state index in [0.717, 1.165) is 19.8 Å². The van der Waals surface area contributed by atoms with Crippen LogP contribution in [0.3, 0.4) is 0 Å². The molecular weight excluding hydrogens is 176 g/mol. The molecule has 0 aliphatic carbocycles. The van der Waals surface area contributed by atoms with E-state index in [1.807, 2.05) is 0 Å². The van der Waals surface area contributed by atoms with Crippen LogP contribution in [0.2, 0.25) is 0 Å². The van der Waals surface area contributed by atoms with Crippen molar-refractivity contribution >= 4 is 0 Å². The first-order valence-electron chi connectivity index (χ1n) is 5.83. The molecule has 2 heterocycles. The largest absolute Gasteiger partial charge is 0.379 e. The number of rotatable bonds is 2. The van der Waals surface area contributed by atoms with Crippen LogP contribution in [0, 0.1) is 0 Å². The van der Waals surface area contributed by atoms with Gasteiger partial charge in [0.25, 0.3) is 0 Å². The van der Waals surface area contributed by atoms with Crippen molar-refractivity contribution < 1.29 is 4.74 Å². The predicted molar refractivity (Wildman–Crippen MR) is 57.2 cm³/mol. The van der Waals surface area contributed by atoms with Gasteiger partial charge < -0.3 is 10.5 Å². The minimum Gasteiger partial charge on any atom is -0.379 e. The minimum absolute atomic E-state index is 0.161. The van der Waals surface area contributed by atoms with E-state index < -0.39 is 0 Å². The molecule has 2 N–H and O–H groups in total. The lowest BCUT2D eigenvalue weighted by atomic mass is 9.90. The number of nitrogens with zero attached hydrogens (tertiary/aromatic N) is 1. The first-order valence-corrected chi connectivity index (χ1v) is 5.83. The Balaban J connectivity index is 2.09. The molecule has 3 nitrogen and oxygen atoms in total. The van der Waals surface area contributed by atoms with Gasteiger partial charge in [0.1, 0.15) is 0 Å². The normalized spacial score (nSPS) is 40.3. The van der Waals surface area contributed by atoms with Gasteiger partial charge in [-0.25, -0.2) is 0 Å². The quantitative estimate of drug-likeness (QED) is 0.719. The van der Waals surface area contributed by atoms with Gasteiger partial charge in [0.2, 0.25) is 0 Å². The molecule has 2 atom stereocenters. The molecule has 0 bridgehead atoms. The van der Waals surface area contributed by atoms with Crippen LogP contribution >= 0.6 is 0 Å². The van der Waals surface area contributed by atoms with E-state index in [9.17, 15) is 0 Å². The van der Waals surface area contributed by atoms with Crippen LogP contribution in [-0.2, 0) is 4.74 Å². The molecule has 2 saturated heterocycles. The van der Waals surface area contributed by atoms with Gasteiger partial charge >= 0.3 is 0 Å². The zero-order valence-electron chi connectivity index (χ0n) is 9.17. The summed E-state index contributed by atoms with van der Waals surface area (Å²) in [4.78, 5) is 2.59. The first kappa shape index (κ1) is 10.4. The highest BCUT2D eigenvalue weighted by molar-refractivity contribution is 4.97. The fraction of sp³-hybridized carbons (Fsp3) is 1.00. The highest BCUT2D eigenvalue weighted by atomic mass is 16.5. The number of nitrogens with two attached hydrogens (primary N) is 1. The molecule has 3 heteroatoms. The maximum Gasteiger partial charge on any atom is 0.0662 e. The Morgan fingerprint density at radius 1 is 1.50 bits per heavy atom. The van der Waals surface area contributed by atoms with Gasteiger partial charge in [-0.3, -0.25) is 4.90 Å². The summed E-state index contributed by atoms with van der Waals surface area (Å²) in [5.41, 5.74) is 6.12. The Bertz CT molecular complexity index is 190. The molecule has 2 unspecified atom stereocenters. The first-order chi connectivity index (χ1) is 6.78. The van der Waals surface area contributed by atoms with Crippen molar-refractivity contribution in [3.8, 4) is 0 Å². The molecule has 82 valence electrons. The van der Waals surface area contributed by atoms with Gasteiger partial charge in [-0.15, -0.1) is 0 Å². The molecule has 0 amide bonds. The van der Waals surface area contributed by atoms with Crippen molar-refractivity contribution in [2.24, 2.45) is 5.73 Å². The van der Waals surface area contributed by atoms with Crippen molar-refractivity contribution in [1.29, 1.82) is 0 Å². The maximum absolute atomic E-state index is 5.96. The molecule has 0 aromatic rings. The maximum atomic E-state index is 5.96. The predicted octanol–water partition coefficient (Wildman–Crippen LogP) is 0.979. The number of hydrogen-bond acceptors (Lipinski definition) is 3. The van der Waals surface area contributed by atoms with Crippen LogP contribution < -0.4 is 5.73 Å². The second-order valence-corrected chi connectivity index (χ2v) is 4.77. The van der Waals surface area contributed by atoms with E-state index in [2.05, 4.69) is 11.8 Å². The Morgan fingerprint density at radius 3 is 2.86 bits per heavy atom. The standard InChI is InChI=1S/C11H22N2O/c1-10-4-2-6-13(10)11(8-12)5-3-7-14-9-11/h10H,2-9,12H2,1H3. The summed E-state index contributed by atoms with van der Waals surface area (Å²) in [5, 5.41) is 0. The van der Waals surface area contributed by atoms with Gasteiger partial charge in [0, 0.05) is 19.2 Å². The highest BCUT2D eigenvalue weighted by Crippen LogP contribution is 2.32. The SMILES string of the molecule is CC1CCCN1C1(CN)CCCOC1. The van der Waals surface area contributed by atoms with Crippen molar-refractivity contribution in [2.45, 2.75) is 44.2 Å². The smallest absolute Gasteiger partial charge is 0.0662 e. The van der Waals surface area contributed by atoms with E-state index in [4.69, 9.17) is 10.5 Å². The summed E-state index contributed by atoms with van der Waals surface area (Å²) in [6.07, 6.45) is 5.03. The van der Waals surface area contributed by atoms with Crippen LogP contribution in [-0.4, -0.2) is 42.8 Å². The molecule has 0 saturated carbocycles. The third-order valence-electron chi connectivity index (χ3n) is 3.84. The van der Waals surface area contributed by atoms with Gasteiger partial charge in [0.15, 0.2) is 0 Å². The Morgan fingerprint density at radius 2 is 2.36 bits per heavy atom. The molecule has 0 aromatic heterocycles. The molecule has 2 rings (SSSR count). The van der Waals surface area contributed by atoms with E-state index in [1.165, 1.54) is 32.2 Å². The lowest BCUT2D eigenvalue weighted by Gasteiger charge is -2.45. The van der Waals surface area contributed by atoms with Crippen LogP contribution in [0.5, 0.6) is 0 Å². The summed E-state index contributed by atoms with van der Waals surface area (Å²) in [7, 11) is 0. The second kappa shape index (κ2) is 4.17. The summed E-state index contributed by atoms with van der Waals surface area (Å²) < 4.78 is 5.62. The second-order valence-electron chi connectivity index (χ2n) is 4.77. The zero-order chi connectivity index (χ0) is 10.0. The zero-order valence-corrected chi connectivity index (χ0v) is 9.17. The molecule has 0 spiro atoms. The highest BCUT2D eigenvalue weighted by Gasteiger charge is 2.41. The van der Waals surface area contributed by atoms with E-state index >= 15 is 0 Å². The lowest BCUT2D eigenvalue weighted by molar-refractivity contribution is -0.0480. The molecular formula is C11H22N2O. The average molecular weight is 198 g/mol. The van der Waals surface area contributed by atoms with Crippen molar-refractivity contribution in [3.05, 3.63) is 0 Å². The van der Waals surface area contributed by atoms with E-state index in [-0.39, 0.29) is 5.54 Å². The summed E-state index contributed by atoms with van der Waals surface area (Å²) >= 11 is 0. The van der Waals surface area contributed by atoms with Crippen molar-refractivity contribution in [2.75, 3.05) is 26.3 Å². The number of likely N-dealkylation sites (tertiary alicyclic amines) is 1. The molecule has 2 aliphatic rings. The third-order valence-corrected chi connectivity index (χ3v) is 3.84. The Labute approximate surface area is 86.6 Å². The summed E-state index contributed by atoms with van der Waals surface area (Å²) in [6, 6.07) is 0.695. The minimum atomic E-state index is 0.161. The van der Waals surface area contributed by atoms with Crippen LogP contribution in [0.4, 0.5) is 0 Å². The van der Waals surface area contributed by atoms with Gasteiger partial charge in [-0.1, -0.05) is 0 Å². The molecule has 14 heavy (non-hydrogen) atoms. The monoisotopic (exact) mass is 198 g/mol. The molecule has 2 fully saturated rings. The molecule has 0 aromatic carbocycles. The summed E-state index contributed by atoms with van der Waals surface area (Å²) in [5.74, 6) is 0. The third kappa shape index (κ3) is 1.69. The van der Waals surface area contributed by atoms with Gasteiger partial charge in [0.05, 0.1) is 12.1 Å². The van der Waals surface area contributed by atoms with Crippen molar-refractivity contribution in [3.63, 3.8) is 0 Å². The Kier molecular flexibility index (Phi) is 3.10. The average Bonchev–Trinajstić information content (AvgIpc) is 2.66. The molecule has 2 aliphatic heterocycles. The number of hydrogen-bond donors (Lipinski definition) is 1. The topological polar surface area (TPSA) is 38.5 Å². The summed E-state index contributed by atoms with van der Waals surface area (Å²) in [6.45, 7) is 6.04. The fourth-order valence-corrected chi connectivity index (χ4v) is 2.98. The van der Waals surface area contributed by atoms with Crippen molar-refractivity contribution in [1.82, 2.24) is 4.90 Å². The fourth-order valence-electron chi connectivity index (χ4n) is 2.98. The van der Waals surface area contributed by atoms with E-state index in [0.29, 0.717) is 6.04 Å². The van der Waals surface area contributed by atoms with Crippen LogP contribution in [0.15, 0.2) is 0 Å². The van der Waals surface area contributed by atoms with Gasteiger partial charge in [-0.2, -0.15) is 0 Å². The van der Waals surface area contributed by atoms with Gasteiger partial charge in [-0.05, 0) is 39.2 Å². The molecule has 0 radical (unpaired) electrons. The lowest BCUT2D eigenvalue weighted by Crippen LogP contribution is -2.59. The van der Waals surface area contributed by atoms with Crippen LogP contribution in [0.1, 0.15) is 32.6 Å². The number of ether oxygens (including phenoxy) is 1. The van der Waals surface area contributed by atoms with E-state index in [1.54, 1.807) is 0 Å². The Hall–Kier alpha value is -0.120.